The van der Waals surface area contributed by atoms with Crippen molar-refractivity contribution in [2.45, 2.75) is 31.9 Å². The fourth-order valence-corrected chi connectivity index (χ4v) is 2.84. The molecular formula is C16H16F3NOS. The minimum Gasteiger partial charge on any atom is -0.326 e. The number of carbonyl (C=O) groups excluding carboxylic acids is 1. The maximum atomic E-state index is 12.8. The summed E-state index contributed by atoms with van der Waals surface area (Å²) < 4.78 is 38.4. The van der Waals surface area contributed by atoms with E-state index < -0.39 is 11.7 Å². The number of anilines is 1. The molecule has 2 nitrogen and oxygen atoms in total. The van der Waals surface area contributed by atoms with Gasteiger partial charge in [-0.1, -0.05) is 18.2 Å². The molecular weight excluding hydrogens is 311 g/mol. The van der Waals surface area contributed by atoms with E-state index in [1.165, 1.54) is 23.1 Å². The van der Waals surface area contributed by atoms with Crippen molar-refractivity contribution in [3.05, 3.63) is 52.2 Å². The Kier molecular flexibility index (Phi) is 5.60. The maximum Gasteiger partial charge on any atom is 0.418 e. The van der Waals surface area contributed by atoms with E-state index >= 15 is 0 Å². The average molecular weight is 327 g/mol. The molecule has 1 aromatic heterocycles. The summed E-state index contributed by atoms with van der Waals surface area (Å²) in [5.74, 6) is -0.386. The number of carbonyl (C=O) groups is 1. The molecule has 0 aliphatic carbocycles. The van der Waals surface area contributed by atoms with Gasteiger partial charge in [-0.2, -0.15) is 13.2 Å². The van der Waals surface area contributed by atoms with Crippen LogP contribution in [0.2, 0.25) is 0 Å². The van der Waals surface area contributed by atoms with Crippen LogP contribution in [-0.2, 0) is 17.4 Å². The van der Waals surface area contributed by atoms with Crippen molar-refractivity contribution >= 4 is 22.9 Å². The number of benzene rings is 1. The Bertz CT molecular complexity index is 608. The van der Waals surface area contributed by atoms with Crippen molar-refractivity contribution in [1.82, 2.24) is 0 Å². The molecule has 0 spiro atoms. The molecule has 0 bridgehead atoms. The molecule has 22 heavy (non-hydrogen) atoms. The van der Waals surface area contributed by atoms with Gasteiger partial charge >= 0.3 is 6.18 Å². The SMILES string of the molecule is O=C(CCCCc1cccs1)Nc1ccccc1C(F)(F)F. The number of alkyl halides is 3. The van der Waals surface area contributed by atoms with Gasteiger partial charge in [-0.05, 0) is 42.8 Å². The Hall–Kier alpha value is -1.82. The first-order chi connectivity index (χ1) is 10.5. The number of rotatable bonds is 6. The number of amides is 1. The molecule has 1 aromatic carbocycles. The minimum atomic E-state index is -4.47. The summed E-state index contributed by atoms with van der Waals surface area (Å²) in [6.07, 6.45) is -1.86. The molecule has 0 saturated heterocycles. The first-order valence-electron chi connectivity index (χ1n) is 6.95. The first-order valence-corrected chi connectivity index (χ1v) is 7.83. The lowest BCUT2D eigenvalue weighted by Gasteiger charge is -2.13. The van der Waals surface area contributed by atoms with E-state index in [1.54, 1.807) is 11.3 Å². The second kappa shape index (κ2) is 7.45. The van der Waals surface area contributed by atoms with Crippen LogP contribution in [0, 0.1) is 0 Å². The van der Waals surface area contributed by atoms with Crippen LogP contribution in [0.1, 0.15) is 29.7 Å². The summed E-state index contributed by atoms with van der Waals surface area (Å²) in [5.41, 5.74) is -1.000. The van der Waals surface area contributed by atoms with Crippen LogP contribution in [0.4, 0.5) is 18.9 Å². The van der Waals surface area contributed by atoms with Crippen molar-refractivity contribution in [3.8, 4) is 0 Å². The second-order valence-electron chi connectivity index (χ2n) is 4.88. The molecule has 1 amide bonds. The van der Waals surface area contributed by atoms with E-state index in [-0.39, 0.29) is 18.0 Å². The predicted molar refractivity (Wildman–Crippen MR) is 81.9 cm³/mol. The van der Waals surface area contributed by atoms with Gasteiger partial charge in [-0.15, -0.1) is 11.3 Å². The van der Waals surface area contributed by atoms with Crippen molar-refractivity contribution < 1.29 is 18.0 Å². The van der Waals surface area contributed by atoms with Gasteiger partial charge in [-0.25, -0.2) is 0 Å². The van der Waals surface area contributed by atoms with Gasteiger partial charge in [0, 0.05) is 11.3 Å². The Morgan fingerprint density at radius 1 is 1.09 bits per heavy atom. The molecule has 0 unspecified atom stereocenters. The van der Waals surface area contributed by atoms with Gasteiger partial charge in [0.1, 0.15) is 0 Å². The zero-order valence-electron chi connectivity index (χ0n) is 11.8. The van der Waals surface area contributed by atoms with Crippen LogP contribution in [0.25, 0.3) is 0 Å². The van der Waals surface area contributed by atoms with Crippen molar-refractivity contribution in [1.29, 1.82) is 0 Å². The number of para-hydroxylation sites is 1. The standard InChI is InChI=1S/C16H16F3NOS/c17-16(18,19)13-8-2-3-9-14(13)20-15(21)10-4-1-6-12-7-5-11-22-12/h2-3,5,7-9,11H,1,4,6,10H2,(H,20,21). The van der Waals surface area contributed by atoms with E-state index in [1.807, 2.05) is 17.5 Å². The van der Waals surface area contributed by atoms with Gasteiger partial charge in [0.15, 0.2) is 0 Å². The summed E-state index contributed by atoms with van der Waals surface area (Å²) in [6.45, 7) is 0. The van der Waals surface area contributed by atoms with E-state index in [4.69, 9.17) is 0 Å². The Labute approximate surface area is 131 Å². The third-order valence-electron chi connectivity index (χ3n) is 3.16. The highest BCUT2D eigenvalue weighted by Gasteiger charge is 2.33. The summed E-state index contributed by atoms with van der Waals surface area (Å²) in [6, 6.07) is 9.02. The Morgan fingerprint density at radius 3 is 2.55 bits per heavy atom. The second-order valence-corrected chi connectivity index (χ2v) is 5.91. The molecule has 1 N–H and O–H groups in total. The molecule has 0 fully saturated rings. The van der Waals surface area contributed by atoms with Crippen LogP contribution in [0.15, 0.2) is 41.8 Å². The van der Waals surface area contributed by atoms with E-state index in [0.29, 0.717) is 6.42 Å². The lowest BCUT2D eigenvalue weighted by atomic mass is 10.1. The molecule has 0 saturated carbocycles. The predicted octanol–water partition coefficient (Wildman–Crippen LogP) is 5.12. The van der Waals surface area contributed by atoms with Crippen LogP contribution in [-0.4, -0.2) is 5.91 Å². The highest BCUT2D eigenvalue weighted by molar-refractivity contribution is 7.09. The smallest absolute Gasteiger partial charge is 0.326 e. The van der Waals surface area contributed by atoms with E-state index in [0.717, 1.165) is 18.9 Å². The molecule has 0 aliphatic heterocycles. The quantitative estimate of drug-likeness (QED) is 0.733. The number of nitrogens with one attached hydrogen (secondary N) is 1. The number of thiophene rings is 1. The van der Waals surface area contributed by atoms with Crippen molar-refractivity contribution in [2.24, 2.45) is 0 Å². The van der Waals surface area contributed by atoms with Gasteiger partial charge in [-0.3, -0.25) is 4.79 Å². The average Bonchev–Trinajstić information content (AvgIpc) is 2.96. The fraction of sp³-hybridized carbons (Fsp3) is 0.312. The van der Waals surface area contributed by atoms with Crippen LogP contribution in [0.5, 0.6) is 0 Å². The monoisotopic (exact) mass is 327 g/mol. The number of halogens is 3. The molecule has 2 aromatic rings. The zero-order chi connectivity index (χ0) is 16.0. The van der Waals surface area contributed by atoms with Crippen molar-refractivity contribution in [3.63, 3.8) is 0 Å². The number of unbranched alkanes of at least 4 members (excludes halogenated alkanes) is 1. The van der Waals surface area contributed by atoms with Crippen LogP contribution < -0.4 is 5.32 Å². The van der Waals surface area contributed by atoms with Gasteiger partial charge in [0.05, 0.1) is 11.3 Å². The minimum absolute atomic E-state index is 0.182. The third-order valence-corrected chi connectivity index (χ3v) is 4.10. The number of hydrogen-bond acceptors (Lipinski definition) is 2. The van der Waals surface area contributed by atoms with Gasteiger partial charge < -0.3 is 5.32 Å². The number of aryl methyl sites for hydroxylation is 1. The molecule has 2 rings (SSSR count). The lowest BCUT2D eigenvalue weighted by Crippen LogP contribution is -2.16. The molecule has 118 valence electrons. The lowest BCUT2D eigenvalue weighted by molar-refractivity contribution is -0.137. The summed E-state index contributed by atoms with van der Waals surface area (Å²) in [4.78, 5) is 13.0. The number of hydrogen-bond donors (Lipinski definition) is 1. The van der Waals surface area contributed by atoms with Crippen LogP contribution >= 0.6 is 11.3 Å². The topological polar surface area (TPSA) is 29.1 Å². The zero-order valence-corrected chi connectivity index (χ0v) is 12.6. The largest absolute Gasteiger partial charge is 0.418 e. The summed E-state index contributed by atoms with van der Waals surface area (Å²) >= 11 is 1.66. The van der Waals surface area contributed by atoms with E-state index in [2.05, 4.69) is 5.32 Å². The molecule has 1 heterocycles. The molecule has 0 atom stereocenters. The normalized spacial score (nSPS) is 11.4. The Morgan fingerprint density at radius 2 is 1.86 bits per heavy atom. The van der Waals surface area contributed by atoms with Crippen LogP contribution in [0.3, 0.4) is 0 Å². The maximum absolute atomic E-state index is 12.8. The highest BCUT2D eigenvalue weighted by atomic mass is 32.1. The molecule has 0 radical (unpaired) electrons. The molecule has 0 aliphatic rings. The van der Waals surface area contributed by atoms with Gasteiger partial charge in [0.2, 0.25) is 5.91 Å². The van der Waals surface area contributed by atoms with E-state index in [9.17, 15) is 18.0 Å². The summed E-state index contributed by atoms with van der Waals surface area (Å²) in [5, 5.41) is 4.35. The molecule has 6 heteroatoms. The van der Waals surface area contributed by atoms with Gasteiger partial charge in [0.25, 0.3) is 0 Å². The highest BCUT2D eigenvalue weighted by Crippen LogP contribution is 2.34. The third kappa shape index (κ3) is 4.87. The fourth-order valence-electron chi connectivity index (χ4n) is 2.09. The summed E-state index contributed by atoms with van der Waals surface area (Å²) in [7, 11) is 0. The first kappa shape index (κ1) is 16.5. The Balaban J connectivity index is 1.82. The van der Waals surface area contributed by atoms with Crippen molar-refractivity contribution in [2.75, 3.05) is 5.32 Å².